The molecule has 0 radical (unpaired) electrons. The van der Waals surface area contributed by atoms with Crippen LogP contribution < -0.4 is 5.56 Å². The average molecular weight is 246 g/mol. The molecule has 2 rings (SSSR count). The molecule has 0 saturated heterocycles. The Balaban J connectivity index is 2.59. The van der Waals surface area contributed by atoms with Gasteiger partial charge in [-0.3, -0.25) is 4.79 Å². The van der Waals surface area contributed by atoms with Crippen molar-refractivity contribution in [2.75, 3.05) is 6.26 Å². The lowest BCUT2D eigenvalue weighted by molar-refractivity contribution is 0.922. The van der Waals surface area contributed by atoms with Gasteiger partial charge in [0.15, 0.2) is 0 Å². The Morgan fingerprint density at radius 3 is 2.59 bits per heavy atom. The van der Waals surface area contributed by atoms with Gasteiger partial charge < -0.3 is 4.98 Å². The van der Waals surface area contributed by atoms with Crippen molar-refractivity contribution in [2.24, 2.45) is 0 Å². The molecule has 1 aromatic heterocycles. The number of nitrogens with one attached hydrogen (secondary N) is 1. The maximum Gasteiger partial charge on any atom is 0.255 e. The second-order valence-corrected chi connectivity index (χ2v) is 4.42. The van der Waals surface area contributed by atoms with Gasteiger partial charge >= 0.3 is 0 Å². The zero-order valence-electron chi connectivity index (χ0n) is 9.86. The molecule has 4 heteroatoms. The monoisotopic (exact) mass is 246 g/mol. The first-order valence-electron chi connectivity index (χ1n) is 5.49. The first-order chi connectivity index (χ1) is 8.26. The van der Waals surface area contributed by atoms with Crippen molar-refractivity contribution in [3.63, 3.8) is 0 Å². The minimum absolute atomic E-state index is 0.0364. The molecule has 1 N–H and O–H groups in total. The Morgan fingerprint density at radius 1 is 1.29 bits per heavy atom. The maximum atomic E-state index is 11.9. The third-order valence-electron chi connectivity index (χ3n) is 2.57. The van der Waals surface area contributed by atoms with Gasteiger partial charge in [-0.2, -0.15) is 0 Å². The van der Waals surface area contributed by atoms with Crippen LogP contribution in [0.25, 0.3) is 11.4 Å². The molecule has 0 saturated carbocycles. The molecule has 0 aliphatic heterocycles. The quantitative estimate of drug-likeness (QED) is 0.669. The fourth-order valence-electron chi connectivity index (χ4n) is 1.69. The van der Waals surface area contributed by atoms with E-state index < -0.39 is 0 Å². The van der Waals surface area contributed by atoms with Crippen molar-refractivity contribution >= 4 is 11.8 Å². The minimum Gasteiger partial charge on any atom is -0.306 e. The largest absolute Gasteiger partial charge is 0.306 e. The lowest BCUT2D eigenvalue weighted by atomic mass is 10.2. The Bertz CT molecular complexity index is 563. The molecule has 88 valence electrons. The van der Waals surface area contributed by atoms with E-state index in [9.17, 15) is 4.79 Å². The van der Waals surface area contributed by atoms with Gasteiger partial charge in [0.1, 0.15) is 10.9 Å². The summed E-state index contributed by atoms with van der Waals surface area (Å²) in [5.41, 5.74) is 1.66. The molecule has 0 unspecified atom stereocenters. The summed E-state index contributed by atoms with van der Waals surface area (Å²) in [5, 5.41) is 0.815. The highest BCUT2D eigenvalue weighted by Crippen LogP contribution is 2.19. The van der Waals surface area contributed by atoms with E-state index >= 15 is 0 Å². The van der Waals surface area contributed by atoms with Gasteiger partial charge in [0.2, 0.25) is 0 Å². The van der Waals surface area contributed by atoms with Gasteiger partial charge in [0.05, 0.1) is 0 Å². The smallest absolute Gasteiger partial charge is 0.255 e. The summed E-state index contributed by atoms with van der Waals surface area (Å²) in [5.74, 6) is 0.636. The minimum atomic E-state index is -0.0364. The fraction of sp³-hybridized carbons (Fsp3) is 0.231. The molecular weight excluding hydrogens is 232 g/mol. The van der Waals surface area contributed by atoms with Gasteiger partial charge in [-0.05, 0) is 12.7 Å². The van der Waals surface area contributed by atoms with E-state index in [1.54, 1.807) is 0 Å². The van der Waals surface area contributed by atoms with Crippen molar-refractivity contribution in [2.45, 2.75) is 18.4 Å². The Kier molecular flexibility index (Phi) is 3.64. The summed E-state index contributed by atoms with van der Waals surface area (Å²) in [7, 11) is 0. The number of aromatic nitrogens is 2. The highest BCUT2D eigenvalue weighted by molar-refractivity contribution is 7.98. The van der Waals surface area contributed by atoms with Gasteiger partial charge in [-0.1, -0.05) is 37.3 Å². The van der Waals surface area contributed by atoms with E-state index in [1.165, 1.54) is 11.8 Å². The Morgan fingerprint density at radius 2 is 2.00 bits per heavy atom. The van der Waals surface area contributed by atoms with E-state index in [0.29, 0.717) is 12.2 Å². The highest BCUT2D eigenvalue weighted by atomic mass is 32.2. The zero-order chi connectivity index (χ0) is 12.3. The third kappa shape index (κ3) is 2.42. The Labute approximate surface area is 104 Å². The lowest BCUT2D eigenvalue weighted by Crippen LogP contribution is -2.16. The van der Waals surface area contributed by atoms with Crippen molar-refractivity contribution in [1.82, 2.24) is 9.97 Å². The second-order valence-electron chi connectivity index (χ2n) is 3.62. The van der Waals surface area contributed by atoms with Crippen molar-refractivity contribution < 1.29 is 0 Å². The topological polar surface area (TPSA) is 45.8 Å². The molecule has 0 fully saturated rings. The third-order valence-corrected chi connectivity index (χ3v) is 3.30. The number of benzene rings is 1. The summed E-state index contributed by atoms with van der Waals surface area (Å²) >= 11 is 1.51. The molecule has 17 heavy (non-hydrogen) atoms. The summed E-state index contributed by atoms with van der Waals surface area (Å²) < 4.78 is 0. The summed E-state index contributed by atoms with van der Waals surface area (Å²) in [6, 6.07) is 9.68. The predicted molar refractivity (Wildman–Crippen MR) is 71.5 cm³/mol. The molecule has 2 aromatic rings. The summed E-state index contributed by atoms with van der Waals surface area (Å²) in [6.07, 6.45) is 2.64. The molecule has 0 bridgehead atoms. The number of rotatable bonds is 3. The number of thioether (sulfide) groups is 1. The van der Waals surface area contributed by atoms with E-state index in [2.05, 4.69) is 9.97 Å². The van der Waals surface area contributed by atoms with Crippen molar-refractivity contribution in [3.05, 3.63) is 46.2 Å². The predicted octanol–water partition coefficient (Wildman–Crippen LogP) is 2.72. The standard InChI is InChI=1S/C13H14N2OS/c1-3-10-12(16)14-11(15-13(10)17-2)9-7-5-4-6-8-9/h4-8H,3H2,1-2H3,(H,14,15,16). The van der Waals surface area contributed by atoms with Gasteiger partial charge in [-0.25, -0.2) is 4.98 Å². The summed E-state index contributed by atoms with van der Waals surface area (Å²) in [4.78, 5) is 19.3. The first kappa shape index (κ1) is 11.9. The van der Waals surface area contributed by atoms with Crippen LogP contribution in [0, 0.1) is 0 Å². The average Bonchev–Trinajstić information content (AvgIpc) is 2.38. The molecule has 1 heterocycles. The van der Waals surface area contributed by atoms with E-state index in [1.807, 2.05) is 43.5 Å². The molecule has 0 atom stereocenters. The number of hydrogen-bond acceptors (Lipinski definition) is 3. The Hall–Kier alpha value is -1.55. The van der Waals surface area contributed by atoms with Crippen molar-refractivity contribution in [1.29, 1.82) is 0 Å². The zero-order valence-corrected chi connectivity index (χ0v) is 10.7. The van der Waals surface area contributed by atoms with Gasteiger partial charge in [0.25, 0.3) is 5.56 Å². The number of H-pyrrole nitrogens is 1. The van der Waals surface area contributed by atoms with Crippen LogP contribution in [0.15, 0.2) is 40.2 Å². The molecule has 0 amide bonds. The van der Waals surface area contributed by atoms with Gasteiger partial charge in [0, 0.05) is 11.1 Å². The molecule has 3 nitrogen and oxygen atoms in total. The van der Waals surface area contributed by atoms with Crippen LogP contribution >= 0.6 is 11.8 Å². The number of hydrogen-bond donors (Lipinski definition) is 1. The highest BCUT2D eigenvalue weighted by Gasteiger charge is 2.09. The van der Waals surface area contributed by atoms with Gasteiger partial charge in [-0.15, -0.1) is 11.8 Å². The molecule has 0 aliphatic rings. The SMILES string of the molecule is CCc1c(SC)nc(-c2ccccc2)[nH]c1=O. The second kappa shape index (κ2) is 5.19. The van der Waals surface area contributed by atoms with Crippen LogP contribution in [0.3, 0.4) is 0 Å². The first-order valence-corrected chi connectivity index (χ1v) is 6.71. The van der Waals surface area contributed by atoms with Crippen LogP contribution in [0.1, 0.15) is 12.5 Å². The number of nitrogens with zero attached hydrogens (tertiary/aromatic N) is 1. The van der Waals surface area contributed by atoms with Crippen molar-refractivity contribution in [3.8, 4) is 11.4 Å². The molecule has 1 aromatic carbocycles. The van der Waals surface area contributed by atoms with E-state index in [0.717, 1.165) is 16.2 Å². The molecule has 0 aliphatic carbocycles. The van der Waals surface area contributed by atoms with Crippen LogP contribution in [0.5, 0.6) is 0 Å². The van der Waals surface area contributed by atoms with Crippen LogP contribution in [-0.4, -0.2) is 16.2 Å². The van der Waals surface area contributed by atoms with Crippen LogP contribution in [0.2, 0.25) is 0 Å². The van der Waals surface area contributed by atoms with Crippen LogP contribution in [-0.2, 0) is 6.42 Å². The summed E-state index contributed by atoms with van der Waals surface area (Å²) in [6.45, 7) is 1.97. The van der Waals surface area contributed by atoms with E-state index in [-0.39, 0.29) is 5.56 Å². The fourth-order valence-corrected chi connectivity index (χ4v) is 2.36. The molecule has 0 spiro atoms. The lowest BCUT2D eigenvalue weighted by Gasteiger charge is -2.06. The van der Waals surface area contributed by atoms with E-state index in [4.69, 9.17) is 0 Å². The normalized spacial score (nSPS) is 10.5. The molecular formula is C13H14N2OS. The van der Waals surface area contributed by atoms with Crippen LogP contribution in [0.4, 0.5) is 0 Å². The maximum absolute atomic E-state index is 11.9. The number of aromatic amines is 1.